The molecule has 4 nitrogen and oxygen atoms in total. The molecule has 2 aliphatic rings. The number of carbonyl (C=O) groups excluding carboxylic acids is 1. The molecule has 1 saturated heterocycles. The second kappa shape index (κ2) is 8.64. The number of benzene rings is 2. The predicted octanol–water partition coefficient (Wildman–Crippen LogP) is 3.96. The summed E-state index contributed by atoms with van der Waals surface area (Å²) in [5.41, 5.74) is 3.45. The van der Waals surface area contributed by atoms with Crippen LogP contribution in [0.1, 0.15) is 48.8 Å². The highest BCUT2D eigenvalue weighted by Crippen LogP contribution is 2.43. The van der Waals surface area contributed by atoms with Crippen molar-refractivity contribution in [2.45, 2.75) is 44.3 Å². The van der Waals surface area contributed by atoms with E-state index >= 15 is 0 Å². The van der Waals surface area contributed by atoms with Gasteiger partial charge in [-0.2, -0.15) is 0 Å². The lowest BCUT2D eigenvalue weighted by molar-refractivity contribution is -0.122. The lowest BCUT2D eigenvalue weighted by Gasteiger charge is -2.39. The zero-order valence-electron chi connectivity index (χ0n) is 17.0. The molecule has 0 saturated carbocycles. The lowest BCUT2D eigenvalue weighted by Crippen LogP contribution is -2.43. The summed E-state index contributed by atoms with van der Waals surface area (Å²) in [4.78, 5) is 14.8. The van der Waals surface area contributed by atoms with E-state index in [1.807, 2.05) is 6.92 Å². The fourth-order valence-electron chi connectivity index (χ4n) is 4.51. The molecule has 1 fully saturated rings. The van der Waals surface area contributed by atoms with Crippen molar-refractivity contribution in [3.05, 3.63) is 71.0 Å². The highest BCUT2D eigenvalue weighted by atomic mass is 19.1. The summed E-state index contributed by atoms with van der Waals surface area (Å²) in [6.07, 6.45) is 2.97. The van der Waals surface area contributed by atoms with E-state index in [-0.39, 0.29) is 23.2 Å². The number of amides is 1. The normalized spacial score (nSPS) is 19.1. The molecule has 0 radical (unpaired) electrons. The van der Waals surface area contributed by atoms with Gasteiger partial charge in [0, 0.05) is 19.6 Å². The summed E-state index contributed by atoms with van der Waals surface area (Å²) in [7, 11) is 0. The molecule has 1 spiro atoms. The van der Waals surface area contributed by atoms with Gasteiger partial charge in [-0.3, -0.25) is 4.79 Å². The SMILES string of the molecule is CC(C(=O)NCCCN1CCC2(CC1)OCc1ccccc12)c1ccc(F)cc1. The number of halogens is 1. The van der Waals surface area contributed by atoms with Crippen molar-refractivity contribution in [1.29, 1.82) is 0 Å². The van der Waals surface area contributed by atoms with Gasteiger partial charge in [-0.15, -0.1) is 0 Å². The number of rotatable bonds is 6. The van der Waals surface area contributed by atoms with Crippen LogP contribution in [0.2, 0.25) is 0 Å². The van der Waals surface area contributed by atoms with E-state index in [1.165, 1.54) is 23.3 Å². The number of nitrogens with one attached hydrogen (secondary N) is 1. The molecule has 154 valence electrons. The molecule has 0 aliphatic carbocycles. The molecule has 29 heavy (non-hydrogen) atoms. The second-order valence-corrected chi connectivity index (χ2v) is 8.20. The van der Waals surface area contributed by atoms with Gasteiger partial charge in [0.1, 0.15) is 5.82 Å². The van der Waals surface area contributed by atoms with Crippen LogP contribution < -0.4 is 5.32 Å². The molecule has 0 bridgehead atoms. The molecule has 2 aliphatic heterocycles. The van der Waals surface area contributed by atoms with Gasteiger partial charge in [-0.1, -0.05) is 36.4 Å². The van der Waals surface area contributed by atoms with Crippen LogP contribution in [0.4, 0.5) is 4.39 Å². The van der Waals surface area contributed by atoms with Crippen LogP contribution in [0.15, 0.2) is 48.5 Å². The number of nitrogens with zero attached hydrogens (tertiary/aromatic N) is 1. The Kier molecular flexibility index (Phi) is 5.97. The molecular weight excluding hydrogens is 367 g/mol. The van der Waals surface area contributed by atoms with E-state index in [0.29, 0.717) is 6.54 Å². The Bertz CT molecular complexity index is 844. The maximum atomic E-state index is 13.0. The molecule has 2 aromatic carbocycles. The van der Waals surface area contributed by atoms with Gasteiger partial charge in [-0.05, 0) is 61.6 Å². The first kappa shape index (κ1) is 20.0. The van der Waals surface area contributed by atoms with Crippen LogP contribution in [0.5, 0.6) is 0 Å². The van der Waals surface area contributed by atoms with Gasteiger partial charge in [-0.25, -0.2) is 4.39 Å². The zero-order valence-corrected chi connectivity index (χ0v) is 17.0. The first-order chi connectivity index (χ1) is 14.1. The summed E-state index contributed by atoms with van der Waals surface area (Å²) >= 11 is 0. The first-order valence-electron chi connectivity index (χ1n) is 10.6. The number of hydrogen-bond acceptors (Lipinski definition) is 3. The third-order valence-electron chi connectivity index (χ3n) is 6.39. The minimum Gasteiger partial charge on any atom is -0.365 e. The highest BCUT2D eigenvalue weighted by Gasteiger charge is 2.42. The van der Waals surface area contributed by atoms with E-state index in [1.54, 1.807) is 12.1 Å². The van der Waals surface area contributed by atoms with Crippen molar-refractivity contribution in [2.75, 3.05) is 26.2 Å². The minimum absolute atomic E-state index is 0.00910. The van der Waals surface area contributed by atoms with Crippen LogP contribution in [0.3, 0.4) is 0 Å². The number of ether oxygens (including phenoxy) is 1. The van der Waals surface area contributed by atoms with Gasteiger partial charge in [0.05, 0.1) is 18.1 Å². The molecule has 1 unspecified atom stereocenters. The van der Waals surface area contributed by atoms with Crippen molar-refractivity contribution in [2.24, 2.45) is 0 Å². The van der Waals surface area contributed by atoms with E-state index in [9.17, 15) is 9.18 Å². The minimum atomic E-state index is -0.281. The van der Waals surface area contributed by atoms with Crippen molar-refractivity contribution >= 4 is 5.91 Å². The molecule has 4 rings (SSSR count). The molecule has 0 aromatic heterocycles. The summed E-state index contributed by atoms with van der Waals surface area (Å²) < 4.78 is 19.3. The van der Waals surface area contributed by atoms with Crippen LogP contribution in [0.25, 0.3) is 0 Å². The number of likely N-dealkylation sites (tertiary alicyclic amines) is 1. The average molecular weight is 397 g/mol. The number of carbonyl (C=O) groups is 1. The Labute approximate surface area is 172 Å². The average Bonchev–Trinajstić information content (AvgIpc) is 3.11. The van der Waals surface area contributed by atoms with Gasteiger partial charge in [0.15, 0.2) is 0 Å². The fourth-order valence-corrected chi connectivity index (χ4v) is 4.51. The summed E-state index contributed by atoms with van der Waals surface area (Å²) in [6.45, 7) is 6.26. The maximum Gasteiger partial charge on any atom is 0.227 e. The Hall–Kier alpha value is -2.24. The third kappa shape index (κ3) is 4.36. The Morgan fingerprint density at radius 1 is 1.17 bits per heavy atom. The van der Waals surface area contributed by atoms with Crippen molar-refractivity contribution in [1.82, 2.24) is 10.2 Å². The number of piperidine rings is 1. The van der Waals surface area contributed by atoms with E-state index in [0.717, 1.165) is 51.1 Å². The van der Waals surface area contributed by atoms with Gasteiger partial charge in [0.25, 0.3) is 0 Å². The van der Waals surface area contributed by atoms with Crippen molar-refractivity contribution in [3.8, 4) is 0 Å². The summed E-state index contributed by atoms with van der Waals surface area (Å²) in [5, 5.41) is 3.01. The first-order valence-corrected chi connectivity index (χ1v) is 10.6. The monoisotopic (exact) mass is 396 g/mol. The molecule has 1 N–H and O–H groups in total. The standard InChI is InChI=1S/C24H29FN2O2/c1-18(19-7-9-21(25)10-8-19)23(28)26-13-4-14-27-15-11-24(12-16-27)22-6-3-2-5-20(22)17-29-24/h2-3,5-10,18H,4,11-17H2,1H3,(H,26,28). The van der Waals surface area contributed by atoms with Crippen molar-refractivity contribution in [3.63, 3.8) is 0 Å². The molecule has 5 heteroatoms. The van der Waals surface area contributed by atoms with E-state index in [2.05, 4.69) is 34.5 Å². The number of hydrogen-bond donors (Lipinski definition) is 1. The van der Waals surface area contributed by atoms with Crippen LogP contribution >= 0.6 is 0 Å². The Balaban J connectivity index is 1.19. The molecule has 1 atom stereocenters. The van der Waals surface area contributed by atoms with Gasteiger partial charge >= 0.3 is 0 Å². The Morgan fingerprint density at radius 3 is 2.66 bits per heavy atom. The lowest BCUT2D eigenvalue weighted by atomic mass is 9.84. The molecule has 2 heterocycles. The number of fused-ring (bicyclic) bond motifs is 2. The molecule has 2 aromatic rings. The Morgan fingerprint density at radius 2 is 1.90 bits per heavy atom. The summed E-state index contributed by atoms with van der Waals surface area (Å²) in [6, 6.07) is 14.7. The second-order valence-electron chi connectivity index (χ2n) is 8.20. The maximum absolute atomic E-state index is 13.0. The summed E-state index contributed by atoms with van der Waals surface area (Å²) in [5.74, 6) is -0.564. The smallest absolute Gasteiger partial charge is 0.227 e. The zero-order chi connectivity index (χ0) is 20.3. The van der Waals surface area contributed by atoms with Gasteiger partial charge in [0.2, 0.25) is 5.91 Å². The molecular formula is C24H29FN2O2. The fraction of sp³-hybridized carbons (Fsp3) is 0.458. The van der Waals surface area contributed by atoms with Crippen LogP contribution in [0, 0.1) is 5.82 Å². The highest BCUT2D eigenvalue weighted by molar-refractivity contribution is 5.83. The topological polar surface area (TPSA) is 41.6 Å². The van der Waals surface area contributed by atoms with Crippen LogP contribution in [-0.2, 0) is 21.7 Å². The van der Waals surface area contributed by atoms with Crippen LogP contribution in [-0.4, -0.2) is 37.0 Å². The van der Waals surface area contributed by atoms with Crippen molar-refractivity contribution < 1.29 is 13.9 Å². The quantitative estimate of drug-likeness (QED) is 0.752. The van der Waals surface area contributed by atoms with Gasteiger partial charge < -0.3 is 15.0 Å². The third-order valence-corrected chi connectivity index (χ3v) is 6.39. The predicted molar refractivity (Wildman–Crippen MR) is 111 cm³/mol. The van der Waals surface area contributed by atoms with E-state index in [4.69, 9.17) is 4.74 Å². The largest absolute Gasteiger partial charge is 0.365 e. The molecule has 1 amide bonds. The van der Waals surface area contributed by atoms with E-state index < -0.39 is 0 Å².